The van der Waals surface area contributed by atoms with Gasteiger partial charge in [0.2, 0.25) is 6.79 Å². The zero-order valence-corrected chi connectivity index (χ0v) is 19.5. The van der Waals surface area contributed by atoms with E-state index in [4.69, 9.17) is 9.47 Å². The lowest BCUT2D eigenvalue weighted by Crippen LogP contribution is -2.07. The number of ether oxygens (including phenoxy) is 2. The number of aryl methyl sites for hydroxylation is 1. The van der Waals surface area contributed by atoms with Gasteiger partial charge in [0.25, 0.3) is 0 Å². The summed E-state index contributed by atoms with van der Waals surface area (Å²) in [5, 5.41) is 13.1. The van der Waals surface area contributed by atoms with Gasteiger partial charge in [-0.3, -0.25) is 4.99 Å². The molecule has 174 valence electrons. The van der Waals surface area contributed by atoms with E-state index in [-0.39, 0.29) is 12.5 Å². The standard InChI is InChI=1S/C25H20O3.C6H7N/c26-23-13-25-24(27-14-28-25)12-22(23)18-7-3-6-17-20-9-8-15-4-1-2-5-16(15)19(20)10-11-21(17)18;1-2-4-6-7-5-3-1/h2-3,5-7,10-13,26H,1,4,8-9,14H2;1,3-6H,2H2. The predicted octanol–water partition coefficient (Wildman–Crippen LogP) is 7.52. The highest BCUT2D eigenvalue weighted by atomic mass is 16.7. The van der Waals surface area contributed by atoms with Crippen LogP contribution in [0.3, 0.4) is 0 Å². The number of phenols is 1. The Balaban J connectivity index is 0.000000284. The van der Waals surface area contributed by atoms with Crippen LogP contribution in [0.1, 0.15) is 36.8 Å². The summed E-state index contributed by atoms with van der Waals surface area (Å²) in [6.07, 6.45) is 19.8. The molecule has 1 N–H and O–H groups in total. The molecule has 35 heavy (non-hydrogen) atoms. The third-order valence-corrected chi connectivity index (χ3v) is 6.97. The second kappa shape index (κ2) is 9.30. The molecule has 0 radical (unpaired) electrons. The summed E-state index contributed by atoms with van der Waals surface area (Å²) in [5.41, 5.74) is 7.62. The van der Waals surface area contributed by atoms with Gasteiger partial charge in [-0.05, 0) is 77.3 Å². The normalized spacial score (nSPS) is 17.0. The maximum atomic E-state index is 10.6. The second-order valence-electron chi connectivity index (χ2n) is 9.02. The van der Waals surface area contributed by atoms with E-state index < -0.39 is 0 Å². The first-order chi connectivity index (χ1) is 17.3. The zero-order chi connectivity index (χ0) is 23.6. The van der Waals surface area contributed by atoms with Crippen molar-refractivity contribution >= 4 is 22.6 Å². The van der Waals surface area contributed by atoms with Gasteiger partial charge in [0.1, 0.15) is 5.75 Å². The molecule has 2 heterocycles. The van der Waals surface area contributed by atoms with Crippen molar-refractivity contribution in [3.63, 3.8) is 0 Å². The minimum atomic E-state index is 0.201. The van der Waals surface area contributed by atoms with Crippen LogP contribution in [0.2, 0.25) is 0 Å². The van der Waals surface area contributed by atoms with Crippen LogP contribution in [0.15, 0.2) is 89.6 Å². The molecule has 2 aliphatic heterocycles. The van der Waals surface area contributed by atoms with E-state index in [9.17, 15) is 5.11 Å². The molecule has 0 unspecified atom stereocenters. The van der Waals surface area contributed by atoms with Crippen LogP contribution >= 0.6 is 0 Å². The first-order valence-corrected chi connectivity index (χ1v) is 12.2. The first-order valence-electron chi connectivity index (χ1n) is 12.2. The van der Waals surface area contributed by atoms with Crippen molar-refractivity contribution in [2.24, 2.45) is 4.99 Å². The van der Waals surface area contributed by atoms with E-state index in [1.54, 1.807) is 24.1 Å². The van der Waals surface area contributed by atoms with Crippen molar-refractivity contribution in [1.29, 1.82) is 0 Å². The fraction of sp³-hybridized carbons (Fsp3) is 0.194. The smallest absolute Gasteiger partial charge is 0.231 e. The number of rotatable bonds is 1. The summed E-state index contributed by atoms with van der Waals surface area (Å²) in [5.74, 6) is 1.50. The van der Waals surface area contributed by atoms with Gasteiger partial charge < -0.3 is 14.6 Å². The highest BCUT2D eigenvalue weighted by molar-refractivity contribution is 6.02. The maximum absolute atomic E-state index is 10.6. The molecule has 0 aromatic heterocycles. The molecular weight excluding hydrogens is 434 g/mol. The third-order valence-electron chi connectivity index (χ3n) is 6.97. The Morgan fingerprint density at radius 2 is 1.71 bits per heavy atom. The molecule has 0 amide bonds. The van der Waals surface area contributed by atoms with Gasteiger partial charge in [-0.2, -0.15) is 0 Å². The lowest BCUT2D eigenvalue weighted by molar-refractivity contribution is 0.174. The molecule has 0 fully saturated rings. The van der Waals surface area contributed by atoms with Crippen LogP contribution in [0.4, 0.5) is 0 Å². The Labute approximate surface area is 205 Å². The minimum absolute atomic E-state index is 0.201. The predicted molar refractivity (Wildman–Crippen MR) is 142 cm³/mol. The largest absolute Gasteiger partial charge is 0.507 e. The summed E-state index contributed by atoms with van der Waals surface area (Å²) < 4.78 is 10.9. The lowest BCUT2D eigenvalue weighted by Gasteiger charge is -2.26. The summed E-state index contributed by atoms with van der Waals surface area (Å²) in [4.78, 5) is 3.88. The van der Waals surface area contributed by atoms with Crippen LogP contribution in [0.5, 0.6) is 17.2 Å². The number of nitrogens with zero attached hydrogens (tertiary/aromatic N) is 1. The summed E-state index contributed by atoms with van der Waals surface area (Å²) in [7, 11) is 0. The highest BCUT2D eigenvalue weighted by Gasteiger charge is 2.23. The molecule has 3 aromatic carbocycles. The summed E-state index contributed by atoms with van der Waals surface area (Å²) >= 11 is 0. The Kier molecular flexibility index (Phi) is 5.71. The van der Waals surface area contributed by atoms with Crippen molar-refractivity contribution in [2.75, 3.05) is 6.79 Å². The SMILES string of the molecule is C1=CCC=CN=C1.Oc1cc2c(cc1-c1cccc3c4c(ccc13)C1=C(CCC=C1)CC4)OCO2. The molecule has 4 aliphatic rings. The van der Waals surface area contributed by atoms with Crippen LogP contribution < -0.4 is 9.47 Å². The number of allylic oxidation sites excluding steroid dienone is 7. The number of hydrogen-bond acceptors (Lipinski definition) is 4. The number of fused-ring (bicyclic) bond motifs is 5. The Hall–Kier alpha value is -4.05. The van der Waals surface area contributed by atoms with E-state index >= 15 is 0 Å². The molecule has 0 spiro atoms. The van der Waals surface area contributed by atoms with Gasteiger partial charge in [-0.25, -0.2) is 0 Å². The molecule has 4 nitrogen and oxygen atoms in total. The molecule has 0 saturated heterocycles. The lowest BCUT2D eigenvalue weighted by atomic mass is 9.79. The molecule has 4 heteroatoms. The Morgan fingerprint density at radius 1 is 0.800 bits per heavy atom. The van der Waals surface area contributed by atoms with Crippen LogP contribution in [-0.4, -0.2) is 18.1 Å². The third kappa shape index (κ3) is 4.06. The quantitative estimate of drug-likeness (QED) is 0.408. The van der Waals surface area contributed by atoms with Crippen LogP contribution in [0, 0.1) is 0 Å². The van der Waals surface area contributed by atoms with Crippen LogP contribution in [-0.2, 0) is 6.42 Å². The minimum Gasteiger partial charge on any atom is -0.507 e. The topological polar surface area (TPSA) is 51.1 Å². The monoisotopic (exact) mass is 461 g/mol. The molecule has 0 atom stereocenters. The number of aromatic hydroxyl groups is 1. The summed E-state index contributed by atoms with van der Waals surface area (Å²) in [6, 6.07) is 14.4. The zero-order valence-electron chi connectivity index (χ0n) is 19.5. The Morgan fingerprint density at radius 3 is 2.66 bits per heavy atom. The van der Waals surface area contributed by atoms with Gasteiger partial charge in [0.15, 0.2) is 11.5 Å². The van der Waals surface area contributed by atoms with E-state index in [0.29, 0.717) is 11.5 Å². The average Bonchev–Trinajstić information content (AvgIpc) is 3.14. The number of phenolic OH excluding ortho intramolecular Hbond substituents is 1. The highest BCUT2D eigenvalue weighted by Crippen LogP contribution is 2.46. The van der Waals surface area contributed by atoms with Gasteiger partial charge in [0.05, 0.1) is 0 Å². The van der Waals surface area contributed by atoms with E-state index in [1.807, 2.05) is 18.2 Å². The maximum Gasteiger partial charge on any atom is 0.231 e. The van der Waals surface area contributed by atoms with E-state index in [1.165, 1.54) is 33.9 Å². The van der Waals surface area contributed by atoms with Crippen molar-refractivity contribution in [3.8, 4) is 28.4 Å². The van der Waals surface area contributed by atoms with Crippen molar-refractivity contribution < 1.29 is 14.6 Å². The first kappa shape index (κ1) is 21.5. The fourth-order valence-corrected chi connectivity index (χ4v) is 5.29. The van der Waals surface area contributed by atoms with E-state index in [2.05, 4.69) is 53.6 Å². The Bertz CT molecular complexity index is 1440. The number of benzene rings is 3. The van der Waals surface area contributed by atoms with Gasteiger partial charge in [0, 0.05) is 24.0 Å². The van der Waals surface area contributed by atoms with Crippen molar-refractivity contribution in [1.82, 2.24) is 0 Å². The van der Waals surface area contributed by atoms with E-state index in [0.717, 1.165) is 36.8 Å². The fourth-order valence-electron chi connectivity index (χ4n) is 5.29. The van der Waals surface area contributed by atoms with Gasteiger partial charge >= 0.3 is 0 Å². The number of hydrogen-bond donors (Lipinski definition) is 1. The second-order valence-corrected chi connectivity index (χ2v) is 9.02. The molecule has 0 saturated carbocycles. The van der Waals surface area contributed by atoms with Crippen LogP contribution in [0.25, 0.3) is 27.5 Å². The average molecular weight is 462 g/mol. The summed E-state index contributed by atoms with van der Waals surface area (Å²) in [6.45, 7) is 0.201. The molecule has 2 aliphatic carbocycles. The molecule has 3 aromatic rings. The van der Waals surface area contributed by atoms with Gasteiger partial charge in [-0.15, -0.1) is 0 Å². The van der Waals surface area contributed by atoms with Crippen molar-refractivity contribution in [2.45, 2.75) is 32.1 Å². The molecular formula is C31H27NO3. The molecule has 7 rings (SSSR count). The van der Waals surface area contributed by atoms with Gasteiger partial charge in [-0.1, -0.05) is 60.2 Å². The van der Waals surface area contributed by atoms with Crippen molar-refractivity contribution in [3.05, 3.63) is 95.7 Å². The number of aliphatic imine (C=N–C) groups is 1. The molecule has 0 bridgehead atoms.